The Hall–Kier alpha value is -2.67. The van der Waals surface area contributed by atoms with E-state index < -0.39 is 0 Å². The number of ketones is 1. The van der Waals surface area contributed by atoms with Crippen molar-refractivity contribution in [2.24, 2.45) is 11.8 Å². The van der Waals surface area contributed by atoms with E-state index >= 15 is 0 Å². The summed E-state index contributed by atoms with van der Waals surface area (Å²) in [4.78, 5) is 23.5. The van der Waals surface area contributed by atoms with Gasteiger partial charge in [0.15, 0.2) is 11.6 Å². The molecule has 7 nitrogen and oxygen atoms in total. The Bertz CT molecular complexity index is 885. The van der Waals surface area contributed by atoms with Gasteiger partial charge in [0.25, 0.3) is 0 Å². The van der Waals surface area contributed by atoms with E-state index in [1.165, 1.54) is 6.42 Å². The maximum absolute atomic E-state index is 12.1. The summed E-state index contributed by atoms with van der Waals surface area (Å²) in [5.41, 5.74) is 2.99. The van der Waals surface area contributed by atoms with Crippen LogP contribution in [0.5, 0.6) is 0 Å². The molecule has 1 amide bonds. The van der Waals surface area contributed by atoms with Gasteiger partial charge in [-0.05, 0) is 69.6 Å². The first-order valence-electron chi connectivity index (χ1n) is 12.2. The summed E-state index contributed by atoms with van der Waals surface area (Å²) < 4.78 is 1.63. The van der Waals surface area contributed by atoms with Crippen LogP contribution in [-0.4, -0.2) is 39.7 Å². The molecule has 1 aliphatic carbocycles. The van der Waals surface area contributed by atoms with Crippen molar-refractivity contribution in [2.45, 2.75) is 72.8 Å². The molecule has 0 saturated heterocycles. The zero-order valence-corrected chi connectivity index (χ0v) is 20.6. The molecular formula is C26H40N4O3. The van der Waals surface area contributed by atoms with Gasteiger partial charge in [-0.15, -0.1) is 0 Å². The standard InChI is InChI=1S/C14H23N3O2.C12H17NO/c1-2-11-3-5-12(6-4-11)14(19)15-13-7-8-17(16-13)9-10-18;1-4-10-6-7-11(13-5-2)8-12(10)9(3)14/h7-8,11-12,18H,2-6,9-10H2,1H3,(H,15,16,19);6-8,13H,4-5H2,1-3H3. The number of Topliss-reactive ketones (excluding diaryl/α,β-unsaturated/α-hetero) is 1. The minimum Gasteiger partial charge on any atom is -0.394 e. The number of nitrogens with zero attached hydrogens (tertiary/aromatic N) is 2. The highest BCUT2D eigenvalue weighted by Gasteiger charge is 2.25. The summed E-state index contributed by atoms with van der Waals surface area (Å²) in [5.74, 6) is 1.74. The van der Waals surface area contributed by atoms with E-state index in [1.54, 1.807) is 23.9 Å². The van der Waals surface area contributed by atoms with Gasteiger partial charge in [0.1, 0.15) is 0 Å². The topological polar surface area (TPSA) is 96.2 Å². The Balaban J connectivity index is 0.000000245. The van der Waals surface area contributed by atoms with Crippen LogP contribution in [0.4, 0.5) is 11.5 Å². The minimum atomic E-state index is 0.0517. The Kier molecular flexibility index (Phi) is 11.1. The molecule has 1 fully saturated rings. The Labute approximate surface area is 198 Å². The fraction of sp³-hybridized carbons (Fsp3) is 0.577. The summed E-state index contributed by atoms with van der Waals surface area (Å²) in [5, 5.41) is 19.1. The Morgan fingerprint density at radius 1 is 1.12 bits per heavy atom. The molecule has 33 heavy (non-hydrogen) atoms. The van der Waals surface area contributed by atoms with Crippen molar-refractivity contribution < 1.29 is 14.7 Å². The molecule has 0 radical (unpaired) electrons. The highest BCUT2D eigenvalue weighted by Crippen LogP contribution is 2.31. The van der Waals surface area contributed by atoms with Crippen molar-refractivity contribution in [3.63, 3.8) is 0 Å². The molecule has 0 spiro atoms. The van der Waals surface area contributed by atoms with Crippen molar-refractivity contribution in [3.05, 3.63) is 41.6 Å². The van der Waals surface area contributed by atoms with Crippen LogP contribution < -0.4 is 10.6 Å². The lowest BCUT2D eigenvalue weighted by Crippen LogP contribution is -2.27. The van der Waals surface area contributed by atoms with Gasteiger partial charge in [-0.2, -0.15) is 5.10 Å². The zero-order chi connectivity index (χ0) is 24.2. The molecule has 2 aromatic rings. The molecule has 3 rings (SSSR count). The number of hydrogen-bond acceptors (Lipinski definition) is 5. The molecule has 1 aromatic carbocycles. The summed E-state index contributed by atoms with van der Waals surface area (Å²) >= 11 is 0. The zero-order valence-electron chi connectivity index (χ0n) is 20.6. The van der Waals surface area contributed by atoms with Crippen molar-refractivity contribution in [1.29, 1.82) is 0 Å². The van der Waals surface area contributed by atoms with Gasteiger partial charge in [-0.3, -0.25) is 14.3 Å². The molecule has 3 N–H and O–H groups in total. The van der Waals surface area contributed by atoms with Crippen LogP contribution in [0.1, 0.15) is 75.7 Å². The number of carbonyl (C=O) groups excluding carboxylic acids is 2. The fourth-order valence-corrected chi connectivity index (χ4v) is 4.24. The fourth-order valence-electron chi connectivity index (χ4n) is 4.24. The molecule has 1 aliphatic rings. The second kappa shape index (κ2) is 13.8. The van der Waals surface area contributed by atoms with E-state index in [4.69, 9.17) is 5.11 Å². The third kappa shape index (κ3) is 8.31. The minimum absolute atomic E-state index is 0.0517. The maximum atomic E-state index is 12.1. The molecule has 1 aromatic heterocycles. The average molecular weight is 457 g/mol. The molecular weight excluding hydrogens is 416 g/mol. The Morgan fingerprint density at radius 2 is 1.85 bits per heavy atom. The van der Waals surface area contributed by atoms with Crippen LogP contribution in [0.25, 0.3) is 0 Å². The number of benzene rings is 1. The first-order chi connectivity index (χ1) is 15.9. The van der Waals surface area contributed by atoms with E-state index in [0.717, 1.165) is 61.4 Å². The van der Waals surface area contributed by atoms with Gasteiger partial charge in [0.2, 0.25) is 5.91 Å². The van der Waals surface area contributed by atoms with Crippen LogP contribution >= 0.6 is 0 Å². The highest BCUT2D eigenvalue weighted by molar-refractivity contribution is 5.96. The van der Waals surface area contributed by atoms with Crippen LogP contribution in [0.15, 0.2) is 30.5 Å². The second-order valence-corrected chi connectivity index (χ2v) is 8.61. The van der Waals surface area contributed by atoms with E-state index in [2.05, 4.69) is 29.6 Å². The van der Waals surface area contributed by atoms with Crippen molar-refractivity contribution in [2.75, 3.05) is 23.8 Å². The number of nitrogens with one attached hydrogen (secondary N) is 2. The summed E-state index contributed by atoms with van der Waals surface area (Å²) in [6.45, 7) is 9.33. The van der Waals surface area contributed by atoms with E-state index in [9.17, 15) is 9.59 Å². The van der Waals surface area contributed by atoms with Gasteiger partial charge < -0.3 is 15.7 Å². The first kappa shape index (κ1) is 26.6. The summed E-state index contributed by atoms with van der Waals surface area (Å²) in [6, 6.07) is 7.75. The number of amides is 1. The van der Waals surface area contributed by atoms with Crippen molar-refractivity contribution in [1.82, 2.24) is 9.78 Å². The van der Waals surface area contributed by atoms with E-state index in [0.29, 0.717) is 12.4 Å². The molecule has 1 heterocycles. The second-order valence-electron chi connectivity index (χ2n) is 8.61. The summed E-state index contributed by atoms with van der Waals surface area (Å²) in [6.07, 6.45) is 8.19. The third-order valence-corrected chi connectivity index (χ3v) is 6.27. The quantitative estimate of drug-likeness (QED) is 0.466. The number of aromatic nitrogens is 2. The molecule has 0 bridgehead atoms. The lowest BCUT2D eigenvalue weighted by Gasteiger charge is -2.26. The molecule has 182 valence electrons. The van der Waals surface area contributed by atoms with E-state index in [1.807, 2.05) is 25.1 Å². The third-order valence-electron chi connectivity index (χ3n) is 6.27. The first-order valence-corrected chi connectivity index (χ1v) is 12.2. The number of hydrogen-bond donors (Lipinski definition) is 3. The highest BCUT2D eigenvalue weighted by atomic mass is 16.3. The molecule has 0 unspecified atom stereocenters. The van der Waals surface area contributed by atoms with Gasteiger partial charge in [-0.1, -0.05) is 26.3 Å². The smallest absolute Gasteiger partial charge is 0.228 e. The van der Waals surface area contributed by atoms with Crippen LogP contribution in [0.2, 0.25) is 0 Å². The van der Waals surface area contributed by atoms with Crippen LogP contribution in [-0.2, 0) is 17.8 Å². The number of carbonyl (C=O) groups is 2. The SMILES string of the molecule is CCC1CCC(C(=O)Nc2ccn(CCO)n2)CC1.CCNc1ccc(CC)c(C(C)=O)c1. The Morgan fingerprint density at radius 3 is 2.42 bits per heavy atom. The summed E-state index contributed by atoms with van der Waals surface area (Å²) in [7, 11) is 0. The van der Waals surface area contributed by atoms with Gasteiger partial charge >= 0.3 is 0 Å². The lowest BCUT2D eigenvalue weighted by molar-refractivity contribution is -0.121. The molecule has 0 atom stereocenters. The monoisotopic (exact) mass is 456 g/mol. The molecule has 1 saturated carbocycles. The predicted molar refractivity (Wildman–Crippen MR) is 134 cm³/mol. The predicted octanol–water partition coefficient (Wildman–Crippen LogP) is 4.91. The van der Waals surface area contributed by atoms with Gasteiger partial charge in [0.05, 0.1) is 13.2 Å². The normalized spacial score (nSPS) is 17.6. The van der Waals surface area contributed by atoms with Crippen molar-refractivity contribution in [3.8, 4) is 0 Å². The van der Waals surface area contributed by atoms with Gasteiger partial charge in [-0.25, -0.2) is 0 Å². The van der Waals surface area contributed by atoms with Crippen LogP contribution in [0.3, 0.4) is 0 Å². The van der Waals surface area contributed by atoms with E-state index in [-0.39, 0.29) is 24.2 Å². The van der Waals surface area contributed by atoms with Crippen LogP contribution in [0, 0.1) is 11.8 Å². The molecule has 0 aliphatic heterocycles. The van der Waals surface area contributed by atoms with Gasteiger partial charge in [0, 0.05) is 36.0 Å². The number of anilines is 2. The number of aliphatic hydroxyl groups is 1. The maximum Gasteiger partial charge on any atom is 0.228 e. The lowest BCUT2D eigenvalue weighted by atomic mass is 9.80. The number of rotatable bonds is 9. The average Bonchev–Trinajstić information content (AvgIpc) is 3.26. The largest absolute Gasteiger partial charge is 0.394 e. The molecule has 7 heteroatoms. The number of aliphatic hydroxyl groups excluding tert-OH is 1. The number of aryl methyl sites for hydroxylation is 1. The van der Waals surface area contributed by atoms with Crippen molar-refractivity contribution >= 4 is 23.2 Å².